The van der Waals surface area contributed by atoms with Crippen LogP contribution in [-0.2, 0) is 6.61 Å². The molecule has 1 aliphatic rings. The number of carbonyl (C=O) groups excluding carboxylic acids is 1. The molecule has 4 nitrogen and oxygen atoms in total. The minimum absolute atomic E-state index is 0.0120. The summed E-state index contributed by atoms with van der Waals surface area (Å²) in [5.74, 6) is 1.53. The number of hydrogen-bond donors (Lipinski definition) is 1. The fraction of sp³-hybridized carbons (Fsp3) is 0.367. The van der Waals surface area contributed by atoms with Crippen LogP contribution in [0.4, 0.5) is 0 Å². The Labute approximate surface area is 203 Å². The highest BCUT2D eigenvalue weighted by molar-refractivity contribution is 5.94. The number of benzene rings is 3. The highest BCUT2D eigenvalue weighted by Crippen LogP contribution is 2.26. The molecule has 3 aromatic rings. The SMILES string of the molecule is CCOc1ccc(C(=O)NC2CCCCCCC2)cc1COc1ccc(-c2ccccc2)cc1. The molecule has 34 heavy (non-hydrogen) atoms. The van der Waals surface area contributed by atoms with E-state index in [1.54, 1.807) is 0 Å². The molecule has 0 saturated heterocycles. The molecule has 0 bridgehead atoms. The van der Waals surface area contributed by atoms with Crippen LogP contribution in [0, 0.1) is 0 Å². The van der Waals surface area contributed by atoms with E-state index in [9.17, 15) is 4.79 Å². The van der Waals surface area contributed by atoms with Crippen molar-refractivity contribution in [1.82, 2.24) is 5.32 Å². The van der Waals surface area contributed by atoms with Crippen molar-refractivity contribution in [2.24, 2.45) is 0 Å². The Morgan fingerprint density at radius 3 is 2.21 bits per heavy atom. The van der Waals surface area contributed by atoms with Gasteiger partial charge >= 0.3 is 0 Å². The van der Waals surface area contributed by atoms with Gasteiger partial charge in [0.1, 0.15) is 18.1 Å². The molecule has 0 heterocycles. The smallest absolute Gasteiger partial charge is 0.251 e. The number of ether oxygens (including phenoxy) is 2. The van der Waals surface area contributed by atoms with Gasteiger partial charge in [0, 0.05) is 17.2 Å². The number of amides is 1. The first-order chi connectivity index (χ1) is 16.7. The van der Waals surface area contributed by atoms with E-state index in [1.807, 2.05) is 55.5 Å². The van der Waals surface area contributed by atoms with Crippen LogP contribution in [0.2, 0.25) is 0 Å². The van der Waals surface area contributed by atoms with Gasteiger partial charge in [0.2, 0.25) is 0 Å². The first kappa shape index (κ1) is 23.9. The van der Waals surface area contributed by atoms with Crippen molar-refractivity contribution in [2.75, 3.05) is 6.61 Å². The molecule has 4 rings (SSSR count). The van der Waals surface area contributed by atoms with E-state index in [4.69, 9.17) is 9.47 Å². The van der Waals surface area contributed by atoms with Crippen LogP contribution >= 0.6 is 0 Å². The molecule has 4 heteroatoms. The summed E-state index contributed by atoms with van der Waals surface area (Å²) in [5.41, 5.74) is 3.86. The second-order valence-electron chi connectivity index (χ2n) is 8.95. The molecule has 0 spiro atoms. The number of nitrogens with one attached hydrogen (secondary N) is 1. The third-order valence-corrected chi connectivity index (χ3v) is 6.42. The third kappa shape index (κ3) is 6.63. The minimum atomic E-state index is -0.0120. The van der Waals surface area contributed by atoms with Crippen molar-refractivity contribution < 1.29 is 14.3 Å². The first-order valence-corrected chi connectivity index (χ1v) is 12.6. The molecule has 1 N–H and O–H groups in total. The van der Waals surface area contributed by atoms with Gasteiger partial charge in [0.15, 0.2) is 0 Å². The summed E-state index contributed by atoms with van der Waals surface area (Å²) in [6, 6.07) is 24.3. The predicted molar refractivity (Wildman–Crippen MR) is 137 cm³/mol. The van der Waals surface area contributed by atoms with Crippen molar-refractivity contribution in [3.8, 4) is 22.6 Å². The van der Waals surface area contributed by atoms with Crippen molar-refractivity contribution in [1.29, 1.82) is 0 Å². The summed E-state index contributed by atoms with van der Waals surface area (Å²) >= 11 is 0. The van der Waals surface area contributed by atoms with Crippen LogP contribution in [0.1, 0.15) is 67.8 Å². The lowest BCUT2D eigenvalue weighted by atomic mass is 9.96. The van der Waals surface area contributed by atoms with Crippen molar-refractivity contribution in [3.05, 3.63) is 83.9 Å². The van der Waals surface area contributed by atoms with E-state index >= 15 is 0 Å². The Hall–Kier alpha value is -3.27. The predicted octanol–water partition coefficient (Wildman–Crippen LogP) is 7.17. The zero-order valence-electron chi connectivity index (χ0n) is 20.1. The first-order valence-electron chi connectivity index (χ1n) is 12.6. The highest BCUT2D eigenvalue weighted by Gasteiger charge is 2.17. The van der Waals surface area contributed by atoms with Gasteiger partial charge in [0.05, 0.1) is 6.61 Å². The van der Waals surface area contributed by atoms with Crippen LogP contribution in [0.15, 0.2) is 72.8 Å². The van der Waals surface area contributed by atoms with E-state index in [2.05, 4.69) is 29.6 Å². The number of carbonyl (C=O) groups is 1. The normalized spacial score (nSPS) is 14.6. The average molecular weight is 458 g/mol. The van der Waals surface area contributed by atoms with Crippen molar-refractivity contribution >= 4 is 5.91 Å². The van der Waals surface area contributed by atoms with Crippen LogP contribution in [-0.4, -0.2) is 18.6 Å². The summed E-state index contributed by atoms with van der Waals surface area (Å²) < 4.78 is 11.9. The molecule has 1 saturated carbocycles. The van der Waals surface area contributed by atoms with Crippen molar-refractivity contribution in [2.45, 2.75) is 64.5 Å². The molecule has 1 fully saturated rings. The summed E-state index contributed by atoms with van der Waals surface area (Å²) in [4.78, 5) is 13.0. The quantitative estimate of drug-likeness (QED) is 0.390. The fourth-order valence-corrected chi connectivity index (χ4v) is 4.53. The summed E-state index contributed by atoms with van der Waals surface area (Å²) in [6.07, 6.45) is 8.37. The summed E-state index contributed by atoms with van der Waals surface area (Å²) in [6.45, 7) is 2.86. The maximum absolute atomic E-state index is 13.0. The van der Waals surface area contributed by atoms with E-state index < -0.39 is 0 Å². The van der Waals surface area contributed by atoms with Crippen LogP contribution in [0.5, 0.6) is 11.5 Å². The molecule has 1 aliphatic carbocycles. The Morgan fingerprint density at radius 1 is 0.824 bits per heavy atom. The maximum Gasteiger partial charge on any atom is 0.251 e. The van der Waals surface area contributed by atoms with Crippen LogP contribution in [0.3, 0.4) is 0 Å². The lowest BCUT2D eigenvalue weighted by molar-refractivity contribution is 0.0930. The standard InChI is InChI=1S/C30H35NO3/c1-2-33-29-20-17-25(30(32)31-27-13-9-4-3-5-10-14-27)21-26(29)22-34-28-18-15-24(16-19-28)23-11-7-6-8-12-23/h6-8,11-12,15-21,27H,2-5,9-10,13-14,22H2,1H3,(H,31,32). The number of rotatable bonds is 8. The van der Waals surface area contributed by atoms with Crippen LogP contribution in [0.25, 0.3) is 11.1 Å². The Kier molecular flexibility index (Phi) is 8.61. The highest BCUT2D eigenvalue weighted by atomic mass is 16.5. The third-order valence-electron chi connectivity index (χ3n) is 6.42. The maximum atomic E-state index is 13.0. The Balaban J connectivity index is 1.42. The Morgan fingerprint density at radius 2 is 1.50 bits per heavy atom. The molecule has 0 aliphatic heterocycles. The van der Waals surface area contributed by atoms with Gasteiger partial charge in [-0.1, -0.05) is 74.6 Å². The second kappa shape index (κ2) is 12.3. The fourth-order valence-electron chi connectivity index (χ4n) is 4.53. The number of hydrogen-bond acceptors (Lipinski definition) is 3. The largest absolute Gasteiger partial charge is 0.493 e. The zero-order chi connectivity index (χ0) is 23.6. The molecule has 0 aromatic heterocycles. The monoisotopic (exact) mass is 457 g/mol. The zero-order valence-corrected chi connectivity index (χ0v) is 20.1. The average Bonchev–Trinajstić information content (AvgIpc) is 2.86. The topological polar surface area (TPSA) is 47.6 Å². The van der Waals surface area contributed by atoms with E-state index in [-0.39, 0.29) is 11.9 Å². The second-order valence-corrected chi connectivity index (χ2v) is 8.95. The van der Waals surface area contributed by atoms with E-state index in [0.29, 0.717) is 18.8 Å². The summed E-state index contributed by atoms with van der Waals surface area (Å²) in [5, 5.41) is 3.26. The molecular formula is C30H35NO3. The lowest BCUT2D eigenvalue weighted by Gasteiger charge is -2.21. The van der Waals surface area contributed by atoms with E-state index in [1.165, 1.54) is 37.7 Å². The van der Waals surface area contributed by atoms with Gasteiger partial charge in [-0.05, 0) is 61.2 Å². The molecule has 0 radical (unpaired) electrons. The van der Waals surface area contributed by atoms with Gasteiger partial charge in [-0.2, -0.15) is 0 Å². The van der Waals surface area contributed by atoms with Crippen molar-refractivity contribution in [3.63, 3.8) is 0 Å². The van der Waals surface area contributed by atoms with Gasteiger partial charge in [-0.15, -0.1) is 0 Å². The molecular weight excluding hydrogens is 422 g/mol. The molecule has 3 aromatic carbocycles. The van der Waals surface area contributed by atoms with Gasteiger partial charge in [-0.3, -0.25) is 4.79 Å². The van der Waals surface area contributed by atoms with Gasteiger partial charge < -0.3 is 14.8 Å². The summed E-state index contributed by atoms with van der Waals surface area (Å²) in [7, 11) is 0. The molecule has 0 atom stereocenters. The Bertz CT molecular complexity index is 1040. The lowest BCUT2D eigenvalue weighted by Crippen LogP contribution is -2.35. The van der Waals surface area contributed by atoms with Crippen LogP contribution < -0.4 is 14.8 Å². The molecule has 178 valence electrons. The van der Waals surface area contributed by atoms with E-state index in [0.717, 1.165) is 35.5 Å². The van der Waals surface area contributed by atoms with Gasteiger partial charge in [0.25, 0.3) is 5.91 Å². The van der Waals surface area contributed by atoms with Gasteiger partial charge in [-0.25, -0.2) is 0 Å². The molecule has 0 unspecified atom stereocenters. The minimum Gasteiger partial charge on any atom is -0.493 e. The molecule has 1 amide bonds.